The van der Waals surface area contributed by atoms with Gasteiger partial charge in [0, 0.05) is 19.3 Å². The Morgan fingerprint density at radius 1 is 1.38 bits per heavy atom. The Morgan fingerprint density at radius 2 is 1.88 bits per heavy atom. The topological polar surface area (TPSA) is 80.5 Å². The fraction of sp³-hybridized carbons (Fsp3) is 0.900. The van der Waals surface area contributed by atoms with E-state index < -0.39 is 15.9 Å². The van der Waals surface area contributed by atoms with E-state index >= 15 is 0 Å². The van der Waals surface area contributed by atoms with E-state index in [0.29, 0.717) is 6.54 Å². The van der Waals surface area contributed by atoms with Crippen LogP contribution in [0.3, 0.4) is 0 Å². The van der Waals surface area contributed by atoms with Crippen LogP contribution in [0.15, 0.2) is 0 Å². The summed E-state index contributed by atoms with van der Waals surface area (Å²) in [5.41, 5.74) is 5.74. The molecule has 0 spiro atoms. The first kappa shape index (κ1) is 15.4. The van der Waals surface area contributed by atoms with Crippen LogP contribution in [0.4, 0.5) is 0 Å². The van der Waals surface area contributed by atoms with Gasteiger partial charge in [0.25, 0.3) is 0 Å². The zero-order chi connectivity index (χ0) is 12.9. The monoisotopic (exact) mass is 250 g/mol. The van der Waals surface area contributed by atoms with Crippen LogP contribution in [0.1, 0.15) is 20.8 Å². The van der Waals surface area contributed by atoms with E-state index in [9.17, 15) is 13.2 Å². The lowest BCUT2D eigenvalue weighted by molar-refractivity contribution is -0.133. The lowest BCUT2D eigenvalue weighted by atomic mass is 10.0. The van der Waals surface area contributed by atoms with Gasteiger partial charge in [0.1, 0.15) is 9.84 Å². The standard InChI is InChI=1S/C10H22N2O3S/c1-5-12(6-7-16(4,14)15)10(13)9(11)8(2)3/h8-9H,5-7,11H2,1-4H3/t9-/m0/s1. The minimum absolute atomic E-state index is 0.0165. The van der Waals surface area contributed by atoms with Crippen molar-refractivity contribution >= 4 is 15.7 Å². The number of hydrogen-bond acceptors (Lipinski definition) is 4. The predicted octanol–water partition coefficient (Wildman–Crippen LogP) is -0.137. The van der Waals surface area contributed by atoms with Crippen LogP contribution < -0.4 is 5.73 Å². The third kappa shape index (κ3) is 5.46. The zero-order valence-corrected chi connectivity index (χ0v) is 11.3. The molecule has 0 aromatic rings. The van der Waals surface area contributed by atoms with Crippen LogP contribution in [-0.2, 0) is 14.6 Å². The van der Waals surface area contributed by atoms with Gasteiger partial charge in [-0.05, 0) is 12.8 Å². The summed E-state index contributed by atoms with van der Waals surface area (Å²) in [5.74, 6) is -0.141. The summed E-state index contributed by atoms with van der Waals surface area (Å²) in [5, 5.41) is 0. The average Bonchev–Trinajstić information content (AvgIpc) is 2.15. The van der Waals surface area contributed by atoms with Gasteiger partial charge >= 0.3 is 0 Å². The van der Waals surface area contributed by atoms with Gasteiger partial charge < -0.3 is 10.6 Å². The normalized spacial score (nSPS) is 13.9. The smallest absolute Gasteiger partial charge is 0.239 e. The number of rotatable bonds is 6. The summed E-state index contributed by atoms with van der Waals surface area (Å²) < 4.78 is 22.0. The number of nitrogens with zero attached hydrogens (tertiary/aromatic N) is 1. The van der Waals surface area contributed by atoms with Crippen LogP contribution in [0, 0.1) is 5.92 Å². The number of amides is 1. The van der Waals surface area contributed by atoms with E-state index in [1.807, 2.05) is 20.8 Å². The first-order valence-corrected chi connectivity index (χ1v) is 7.47. The molecular formula is C10H22N2O3S. The molecular weight excluding hydrogens is 228 g/mol. The molecule has 96 valence electrons. The Labute approximate surface area is 97.9 Å². The summed E-state index contributed by atoms with van der Waals surface area (Å²) in [4.78, 5) is 13.3. The lowest BCUT2D eigenvalue weighted by Crippen LogP contribution is -2.47. The minimum Gasteiger partial charge on any atom is -0.341 e. The molecule has 0 rings (SSSR count). The molecule has 1 amide bonds. The Bertz CT molecular complexity index is 325. The summed E-state index contributed by atoms with van der Waals surface area (Å²) >= 11 is 0. The first-order valence-electron chi connectivity index (χ1n) is 5.41. The number of nitrogens with two attached hydrogens (primary N) is 1. The molecule has 0 aliphatic carbocycles. The zero-order valence-electron chi connectivity index (χ0n) is 10.4. The largest absolute Gasteiger partial charge is 0.341 e. The van der Waals surface area contributed by atoms with Gasteiger partial charge in [-0.15, -0.1) is 0 Å². The van der Waals surface area contributed by atoms with Crippen LogP contribution in [0.5, 0.6) is 0 Å². The number of carbonyl (C=O) groups excluding carboxylic acids is 1. The summed E-state index contributed by atoms with van der Waals surface area (Å²) in [7, 11) is -3.04. The number of likely N-dealkylation sites (N-methyl/N-ethyl adjacent to an activating group) is 1. The molecule has 0 bridgehead atoms. The van der Waals surface area contributed by atoms with E-state index in [2.05, 4.69) is 0 Å². The van der Waals surface area contributed by atoms with Crippen LogP contribution in [-0.4, -0.2) is 50.4 Å². The summed E-state index contributed by atoms with van der Waals surface area (Å²) in [6, 6.07) is -0.556. The molecule has 16 heavy (non-hydrogen) atoms. The molecule has 1 atom stereocenters. The fourth-order valence-corrected chi connectivity index (χ4v) is 1.75. The Morgan fingerprint density at radius 3 is 2.19 bits per heavy atom. The molecule has 0 saturated heterocycles. The highest BCUT2D eigenvalue weighted by molar-refractivity contribution is 7.90. The van der Waals surface area contributed by atoms with Crippen LogP contribution in [0.2, 0.25) is 0 Å². The molecule has 0 aromatic carbocycles. The molecule has 0 aliphatic heterocycles. The second-order valence-corrected chi connectivity index (χ2v) is 6.58. The highest BCUT2D eigenvalue weighted by Gasteiger charge is 2.23. The maximum Gasteiger partial charge on any atom is 0.239 e. The molecule has 5 nitrogen and oxygen atoms in total. The van der Waals surface area contributed by atoms with Crippen molar-refractivity contribution < 1.29 is 13.2 Å². The van der Waals surface area contributed by atoms with Crippen molar-refractivity contribution in [1.82, 2.24) is 4.90 Å². The van der Waals surface area contributed by atoms with Gasteiger partial charge in [0.15, 0.2) is 0 Å². The first-order chi connectivity index (χ1) is 7.19. The van der Waals surface area contributed by atoms with E-state index in [1.54, 1.807) is 0 Å². The van der Waals surface area contributed by atoms with Gasteiger partial charge in [0.2, 0.25) is 5.91 Å². The molecule has 0 fully saturated rings. The van der Waals surface area contributed by atoms with E-state index in [-0.39, 0.29) is 24.1 Å². The fourth-order valence-electron chi connectivity index (χ4n) is 1.20. The van der Waals surface area contributed by atoms with Crippen molar-refractivity contribution in [2.75, 3.05) is 25.1 Å². The van der Waals surface area contributed by atoms with Crippen molar-refractivity contribution in [1.29, 1.82) is 0 Å². The Kier molecular flexibility index (Phi) is 5.96. The third-order valence-electron chi connectivity index (χ3n) is 2.43. The Balaban J connectivity index is 4.45. The van der Waals surface area contributed by atoms with Crippen molar-refractivity contribution in [3.63, 3.8) is 0 Å². The molecule has 0 heterocycles. The molecule has 0 aliphatic rings. The SMILES string of the molecule is CCN(CCS(C)(=O)=O)C(=O)[C@@H](N)C(C)C. The van der Waals surface area contributed by atoms with Gasteiger partial charge in [-0.2, -0.15) is 0 Å². The molecule has 0 saturated carbocycles. The van der Waals surface area contributed by atoms with Crippen LogP contribution >= 0.6 is 0 Å². The van der Waals surface area contributed by atoms with Gasteiger partial charge in [-0.1, -0.05) is 13.8 Å². The third-order valence-corrected chi connectivity index (χ3v) is 3.35. The van der Waals surface area contributed by atoms with Gasteiger partial charge in [-0.25, -0.2) is 8.42 Å². The highest BCUT2D eigenvalue weighted by Crippen LogP contribution is 2.03. The maximum atomic E-state index is 11.8. The van der Waals surface area contributed by atoms with Crippen LogP contribution in [0.25, 0.3) is 0 Å². The lowest BCUT2D eigenvalue weighted by Gasteiger charge is -2.25. The minimum atomic E-state index is -3.04. The summed E-state index contributed by atoms with van der Waals surface area (Å²) in [6.07, 6.45) is 1.16. The van der Waals surface area contributed by atoms with E-state index in [4.69, 9.17) is 5.73 Å². The van der Waals surface area contributed by atoms with Crippen molar-refractivity contribution in [2.24, 2.45) is 11.7 Å². The van der Waals surface area contributed by atoms with Gasteiger partial charge in [-0.3, -0.25) is 4.79 Å². The van der Waals surface area contributed by atoms with E-state index in [1.165, 1.54) is 4.90 Å². The second kappa shape index (κ2) is 6.20. The van der Waals surface area contributed by atoms with Gasteiger partial charge in [0.05, 0.1) is 11.8 Å². The Hall–Kier alpha value is -0.620. The maximum absolute atomic E-state index is 11.8. The van der Waals surface area contributed by atoms with Crippen molar-refractivity contribution in [2.45, 2.75) is 26.8 Å². The predicted molar refractivity (Wildman–Crippen MR) is 64.8 cm³/mol. The van der Waals surface area contributed by atoms with Crippen molar-refractivity contribution in [3.05, 3.63) is 0 Å². The number of hydrogen-bond donors (Lipinski definition) is 1. The molecule has 0 unspecified atom stereocenters. The quantitative estimate of drug-likeness (QED) is 0.711. The van der Waals surface area contributed by atoms with Crippen molar-refractivity contribution in [3.8, 4) is 0 Å². The molecule has 0 radical (unpaired) electrons. The average molecular weight is 250 g/mol. The number of sulfone groups is 1. The molecule has 0 aromatic heterocycles. The highest BCUT2D eigenvalue weighted by atomic mass is 32.2. The molecule has 2 N–H and O–H groups in total. The molecule has 6 heteroatoms. The number of carbonyl (C=O) groups is 1. The second-order valence-electron chi connectivity index (χ2n) is 4.32. The van der Waals surface area contributed by atoms with E-state index in [0.717, 1.165) is 6.26 Å². The summed E-state index contributed by atoms with van der Waals surface area (Å²) in [6.45, 7) is 6.25.